The molecule has 2 rings (SSSR count). The van der Waals surface area contributed by atoms with Crippen LogP contribution in [0.4, 0.5) is 5.69 Å². The monoisotopic (exact) mass is 375 g/mol. The van der Waals surface area contributed by atoms with E-state index in [1.54, 1.807) is 13.0 Å². The van der Waals surface area contributed by atoms with Crippen LogP contribution in [0.2, 0.25) is 0 Å². The van der Waals surface area contributed by atoms with Gasteiger partial charge in [0.1, 0.15) is 6.07 Å². The number of esters is 1. The standard InChI is InChI=1S/C19H25N3O5/c1-4-27-19(24)13-6-5-7-22(11-13)12-18(23)21-15-9-17(26-3)16(25-2)8-14(15)10-20/h8-9,13H,4-7,11-12H2,1-3H3,(H,21,23). The maximum Gasteiger partial charge on any atom is 0.310 e. The number of hydrogen-bond donors (Lipinski definition) is 1. The highest BCUT2D eigenvalue weighted by molar-refractivity contribution is 5.94. The van der Waals surface area contributed by atoms with Gasteiger partial charge in [-0.05, 0) is 26.3 Å². The van der Waals surface area contributed by atoms with E-state index in [-0.39, 0.29) is 29.9 Å². The maximum absolute atomic E-state index is 12.5. The second-order valence-corrected chi connectivity index (χ2v) is 6.24. The van der Waals surface area contributed by atoms with Crippen LogP contribution < -0.4 is 14.8 Å². The van der Waals surface area contributed by atoms with Crippen LogP contribution >= 0.6 is 0 Å². The van der Waals surface area contributed by atoms with Gasteiger partial charge in [-0.25, -0.2) is 0 Å². The van der Waals surface area contributed by atoms with E-state index in [0.717, 1.165) is 19.4 Å². The summed E-state index contributed by atoms with van der Waals surface area (Å²) in [6.45, 7) is 3.49. The van der Waals surface area contributed by atoms with Crippen LogP contribution in [-0.2, 0) is 14.3 Å². The first-order valence-corrected chi connectivity index (χ1v) is 8.87. The summed E-state index contributed by atoms with van der Waals surface area (Å²) in [5.41, 5.74) is 0.642. The maximum atomic E-state index is 12.5. The van der Waals surface area contributed by atoms with Crippen LogP contribution in [0.3, 0.4) is 0 Å². The Morgan fingerprint density at radius 2 is 2.00 bits per heavy atom. The van der Waals surface area contributed by atoms with E-state index in [2.05, 4.69) is 5.32 Å². The lowest BCUT2D eigenvalue weighted by atomic mass is 9.98. The molecule has 1 fully saturated rings. The molecule has 1 N–H and O–H groups in total. The Morgan fingerprint density at radius 1 is 1.30 bits per heavy atom. The predicted molar refractivity (Wildman–Crippen MR) is 98.7 cm³/mol. The number of nitriles is 1. The first kappa shape index (κ1) is 20.5. The molecule has 1 unspecified atom stereocenters. The van der Waals surface area contributed by atoms with Crippen LogP contribution in [0.25, 0.3) is 0 Å². The van der Waals surface area contributed by atoms with Gasteiger partial charge in [0, 0.05) is 18.7 Å². The predicted octanol–water partition coefficient (Wildman–Crippen LogP) is 1.79. The van der Waals surface area contributed by atoms with E-state index in [4.69, 9.17) is 14.2 Å². The van der Waals surface area contributed by atoms with Crippen molar-refractivity contribution < 1.29 is 23.8 Å². The highest BCUT2D eigenvalue weighted by atomic mass is 16.5. The molecule has 27 heavy (non-hydrogen) atoms. The highest BCUT2D eigenvalue weighted by Crippen LogP contribution is 2.33. The molecule has 146 valence electrons. The van der Waals surface area contributed by atoms with Gasteiger partial charge in [-0.1, -0.05) is 0 Å². The average molecular weight is 375 g/mol. The zero-order valence-corrected chi connectivity index (χ0v) is 15.9. The third kappa shape index (κ3) is 5.34. The van der Waals surface area contributed by atoms with Gasteiger partial charge in [-0.15, -0.1) is 0 Å². The number of piperidine rings is 1. The Morgan fingerprint density at radius 3 is 2.63 bits per heavy atom. The number of carbonyl (C=O) groups excluding carboxylic acids is 2. The molecule has 1 aliphatic rings. The molecule has 1 aromatic rings. The van der Waals surface area contributed by atoms with Crippen molar-refractivity contribution in [3.05, 3.63) is 17.7 Å². The second-order valence-electron chi connectivity index (χ2n) is 6.24. The number of hydrogen-bond acceptors (Lipinski definition) is 7. The second kappa shape index (κ2) is 9.78. The van der Waals surface area contributed by atoms with Gasteiger partial charge in [0.2, 0.25) is 5.91 Å². The van der Waals surface area contributed by atoms with Gasteiger partial charge in [0.15, 0.2) is 11.5 Å². The van der Waals surface area contributed by atoms with Crippen molar-refractivity contribution in [3.63, 3.8) is 0 Å². The van der Waals surface area contributed by atoms with Crippen molar-refractivity contribution in [2.24, 2.45) is 5.92 Å². The Balaban J connectivity index is 2.03. The highest BCUT2D eigenvalue weighted by Gasteiger charge is 2.28. The smallest absolute Gasteiger partial charge is 0.310 e. The normalized spacial score (nSPS) is 16.9. The van der Waals surface area contributed by atoms with Crippen molar-refractivity contribution in [3.8, 4) is 17.6 Å². The molecule has 1 aliphatic heterocycles. The van der Waals surface area contributed by atoms with Crippen molar-refractivity contribution in [1.82, 2.24) is 4.90 Å². The number of benzene rings is 1. The molecular formula is C19H25N3O5. The van der Waals surface area contributed by atoms with E-state index in [1.807, 2.05) is 11.0 Å². The summed E-state index contributed by atoms with van der Waals surface area (Å²) in [4.78, 5) is 26.3. The molecular weight excluding hydrogens is 350 g/mol. The minimum absolute atomic E-state index is 0.134. The van der Waals surface area contributed by atoms with Gasteiger partial charge in [-0.3, -0.25) is 14.5 Å². The van der Waals surface area contributed by atoms with Crippen molar-refractivity contribution in [1.29, 1.82) is 5.26 Å². The van der Waals surface area contributed by atoms with E-state index in [9.17, 15) is 14.9 Å². The van der Waals surface area contributed by atoms with E-state index in [1.165, 1.54) is 20.3 Å². The molecule has 1 saturated heterocycles. The fourth-order valence-electron chi connectivity index (χ4n) is 3.12. The van der Waals surface area contributed by atoms with Gasteiger partial charge >= 0.3 is 5.97 Å². The Kier molecular flexibility index (Phi) is 7.44. The lowest BCUT2D eigenvalue weighted by molar-refractivity contribution is -0.150. The van der Waals surface area contributed by atoms with Crippen LogP contribution in [0, 0.1) is 17.2 Å². The first-order chi connectivity index (χ1) is 13.0. The number of carbonyl (C=O) groups is 2. The molecule has 1 atom stereocenters. The number of nitrogens with one attached hydrogen (secondary N) is 1. The number of rotatable bonds is 7. The zero-order chi connectivity index (χ0) is 19.8. The molecule has 1 amide bonds. The Labute approximate surface area is 159 Å². The van der Waals surface area contributed by atoms with Gasteiger partial charge in [0.25, 0.3) is 0 Å². The minimum atomic E-state index is -0.261. The van der Waals surface area contributed by atoms with E-state index < -0.39 is 0 Å². The third-order valence-electron chi connectivity index (χ3n) is 4.41. The van der Waals surface area contributed by atoms with Crippen LogP contribution in [0.1, 0.15) is 25.3 Å². The van der Waals surface area contributed by atoms with Gasteiger partial charge in [0.05, 0.1) is 44.5 Å². The number of methoxy groups -OCH3 is 2. The largest absolute Gasteiger partial charge is 0.493 e. The molecule has 0 aliphatic carbocycles. The molecule has 1 aromatic carbocycles. The quantitative estimate of drug-likeness (QED) is 0.725. The molecule has 0 radical (unpaired) electrons. The summed E-state index contributed by atoms with van der Waals surface area (Å²) in [6, 6.07) is 5.12. The molecule has 0 spiro atoms. The Hall–Kier alpha value is -2.79. The number of likely N-dealkylation sites (tertiary alicyclic amines) is 1. The Bertz CT molecular complexity index is 729. The summed E-state index contributed by atoms with van der Waals surface area (Å²) < 4.78 is 15.5. The molecule has 0 aromatic heterocycles. The third-order valence-corrected chi connectivity index (χ3v) is 4.41. The molecule has 8 nitrogen and oxygen atoms in total. The van der Waals surface area contributed by atoms with E-state index >= 15 is 0 Å². The van der Waals surface area contributed by atoms with Crippen molar-refractivity contribution in [2.45, 2.75) is 19.8 Å². The van der Waals surface area contributed by atoms with Gasteiger partial charge < -0.3 is 19.5 Å². The van der Waals surface area contributed by atoms with Crippen LogP contribution in [0.5, 0.6) is 11.5 Å². The average Bonchev–Trinajstić information content (AvgIpc) is 2.67. The number of anilines is 1. The molecule has 1 heterocycles. The lowest BCUT2D eigenvalue weighted by Crippen LogP contribution is -2.43. The summed E-state index contributed by atoms with van der Waals surface area (Å²) in [5, 5.41) is 12.1. The fourth-order valence-corrected chi connectivity index (χ4v) is 3.12. The zero-order valence-electron chi connectivity index (χ0n) is 15.9. The lowest BCUT2D eigenvalue weighted by Gasteiger charge is -2.30. The first-order valence-electron chi connectivity index (χ1n) is 8.87. The van der Waals surface area contributed by atoms with E-state index in [0.29, 0.717) is 30.3 Å². The summed E-state index contributed by atoms with van der Waals surface area (Å²) in [7, 11) is 2.96. The minimum Gasteiger partial charge on any atom is -0.493 e. The summed E-state index contributed by atoms with van der Waals surface area (Å²) in [5.74, 6) is 0.159. The van der Waals surface area contributed by atoms with Crippen molar-refractivity contribution in [2.75, 3.05) is 45.8 Å². The molecule has 0 bridgehead atoms. The summed E-state index contributed by atoms with van der Waals surface area (Å²) in [6.07, 6.45) is 1.60. The van der Waals surface area contributed by atoms with Crippen molar-refractivity contribution >= 4 is 17.6 Å². The summed E-state index contributed by atoms with van der Waals surface area (Å²) >= 11 is 0. The van der Waals surface area contributed by atoms with Crippen LogP contribution in [0.15, 0.2) is 12.1 Å². The number of nitrogens with zero attached hydrogens (tertiary/aromatic N) is 2. The van der Waals surface area contributed by atoms with Gasteiger partial charge in [-0.2, -0.15) is 5.26 Å². The van der Waals surface area contributed by atoms with Crippen LogP contribution in [-0.4, -0.2) is 57.2 Å². The molecule has 0 saturated carbocycles. The SMILES string of the molecule is CCOC(=O)C1CCCN(CC(=O)Nc2cc(OC)c(OC)cc2C#N)C1. The fraction of sp³-hybridized carbons (Fsp3) is 0.526. The topological polar surface area (TPSA) is 101 Å². The number of amides is 1. The number of ether oxygens (including phenoxy) is 3. The molecule has 8 heteroatoms.